The van der Waals surface area contributed by atoms with Gasteiger partial charge in [-0.2, -0.15) is 0 Å². The Morgan fingerprint density at radius 1 is 0.938 bits per heavy atom. The highest BCUT2D eigenvalue weighted by Crippen LogP contribution is 2.11. The van der Waals surface area contributed by atoms with E-state index in [-0.39, 0.29) is 0 Å². The highest BCUT2D eigenvalue weighted by Gasteiger charge is 2.28. The van der Waals surface area contributed by atoms with E-state index in [1.54, 1.807) is 0 Å². The number of rotatable bonds is 5. The third kappa shape index (κ3) is 6.17. The topological polar surface area (TPSA) is 78.9 Å². The third-order valence-electron chi connectivity index (χ3n) is 1.59. The van der Waals surface area contributed by atoms with E-state index in [1.807, 2.05) is 0 Å². The molecule has 0 aromatic carbocycles. The lowest BCUT2D eigenvalue weighted by Crippen LogP contribution is -2.37. The van der Waals surface area contributed by atoms with Crippen LogP contribution in [-0.2, 0) is 28.6 Å². The van der Waals surface area contributed by atoms with Gasteiger partial charge in [-0.25, -0.2) is 0 Å². The monoisotopic (exact) mass is 248 g/mol. The van der Waals surface area contributed by atoms with E-state index < -0.39 is 30.3 Å². The van der Waals surface area contributed by atoms with E-state index in [4.69, 9.17) is 14.2 Å². The van der Waals surface area contributed by atoms with Gasteiger partial charge in [-0.3, -0.25) is 14.4 Å². The van der Waals surface area contributed by atoms with Gasteiger partial charge in [0.1, 0.15) is 0 Å². The van der Waals surface area contributed by atoms with Crippen LogP contribution in [0.3, 0.4) is 0 Å². The zero-order valence-corrected chi connectivity index (χ0v) is 11.8. The maximum Gasteiger partial charge on any atom is 0.305 e. The maximum absolute atomic E-state index is 10.8. The molecule has 0 heterocycles. The highest BCUT2D eigenvalue weighted by molar-refractivity contribution is 6.09. The Labute approximate surface area is 96.7 Å². The average molecular weight is 248 g/mol. The van der Waals surface area contributed by atoms with Crippen LogP contribution in [0.5, 0.6) is 0 Å². The number of carbonyl (C=O) groups is 3. The molecule has 0 aliphatic carbocycles. The Morgan fingerprint density at radius 3 is 1.56 bits per heavy atom. The Balaban J connectivity index is 4.60. The summed E-state index contributed by atoms with van der Waals surface area (Å²) in [5.41, 5.74) is 0. The predicted molar refractivity (Wildman–Crippen MR) is 57.6 cm³/mol. The second-order valence-electron chi connectivity index (χ2n) is 3.14. The van der Waals surface area contributed by atoms with Crippen LogP contribution in [0.25, 0.3) is 0 Å². The van der Waals surface area contributed by atoms with Crippen molar-refractivity contribution in [2.75, 3.05) is 0 Å². The average Bonchev–Trinajstić information content (AvgIpc) is 2.11. The molecule has 0 radical (unpaired) electrons. The fraction of sp³-hybridized carbons (Fsp3) is 0.667. The SMILES string of the molecule is CC(=O)OC(C[SiH3])C(OC(C)=O)OC(C)=O. The van der Waals surface area contributed by atoms with Gasteiger partial charge in [0.2, 0.25) is 0 Å². The minimum absolute atomic E-state index is 0.505. The van der Waals surface area contributed by atoms with Crippen molar-refractivity contribution in [2.45, 2.75) is 39.2 Å². The van der Waals surface area contributed by atoms with Crippen LogP contribution < -0.4 is 0 Å². The summed E-state index contributed by atoms with van der Waals surface area (Å²) in [5.74, 6) is -1.71. The van der Waals surface area contributed by atoms with Gasteiger partial charge in [0.05, 0.1) is 0 Å². The number of hydrogen-bond acceptors (Lipinski definition) is 6. The van der Waals surface area contributed by atoms with Crippen molar-refractivity contribution < 1.29 is 28.6 Å². The Bertz CT molecular complexity index is 261. The molecule has 16 heavy (non-hydrogen) atoms. The third-order valence-corrected chi connectivity index (χ3v) is 2.39. The zero-order chi connectivity index (χ0) is 12.7. The molecular weight excluding hydrogens is 232 g/mol. The zero-order valence-electron chi connectivity index (χ0n) is 9.81. The molecule has 0 aliphatic rings. The molecule has 1 unspecified atom stereocenters. The summed E-state index contributed by atoms with van der Waals surface area (Å²) in [5, 5.41) is 0. The summed E-state index contributed by atoms with van der Waals surface area (Å²) in [4.78, 5) is 32.4. The Hall–Kier alpha value is -1.37. The first-order chi connectivity index (χ1) is 7.36. The van der Waals surface area contributed by atoms with Crippen LogP contribution in [-0.4, -0.2) is 40.5 Å². The number of esters is 3. The lowest BCUT2D eigenvalue weighted by molar-refractivity contribution is -0.209. The van der Waals surface area contributed by atoms with Gasteiger partial charge in [0.25, 0.3) is 6.29 Å². The molecule has 7 heteroatoms. The Kier molecular flexibility index (Phi) is 6.39. The summed E-state index contributed by atoms with van der Waals surface area (Å²) in [7, 11) is 0.717. The van der Waals surface area contributed by atoms with Crippen LogP contribution in [0.2, 0.25) is 6.04 Å². The molecule has 0 spiro atoms. The molecule has 0 aromatic rings. The van der Waals surface area contributed by atoms with E-state index in [0.29, 0.717) is 16.3 Å². The number of carbonyl (C=O) groups excluding carboxylic acids is 3. The van der Waals surface area contributed by atoms with Crippen molar-refractivity contribution >= 4 is 28.2 Å². The summed E-state index contributed by atoms with van der Waals surface area (Å²) in [6.07, 6.45) is -1.88. The molecule has 6 nitrogen and oxygen atoms in total. The van der Waals surface area contributed by atoms with Crippen molar-refractivity contribution in [3.05, 3.63) is 0 Å². The molecule has 0 fully saturated rings. The lowest BCUT2D eigenvalue weighted by Gasteiger charge is -2.24. The van der Waals surface area contributed by atoms with Gasteiger partial charge < -0.3 is 14.2 Å². The van der Waals surface area contributed by atoms with Gasteiger partial charge in [-0.05, 0) is 6.04 Å². The minimum Gasteiger partial charge on any atom is -0.455 e. The quantitative estimate of drug-likeness (QED) is 0.358. The summed E-state index contributed by atoms with van der Waals surface area (Å²) >= 11 is 0. The minimum atomic E-state index is -1.16. The van der Waals surface area contributed by atoms with Crippen LogP contribution in [0.4, 0.5) is 0 Å². The molecular formula is C9H16O6Si. The molecule has 0 aliphatic heterocycles. The van der Waals surface area contributed by atoms with Crippen LogP contribution in [0, 0.1) is 0 Å². The van der Waals surface area contributed by atoms with E-state index in [2.05, 4.69) is 0 Å². The second-order valence-corrected chi connectivity index (χ2v) is 3.96. The molecule has 0 N–H and O–H groups in total. The summed E-state index contributed by atoms with van der Waals surface area (Å²) in [6, 6.07) is 0.505. The molecule has 0 amide bonds. The lowest BCUT2D eigenvalue weighted by atomic mass is 10.4. The van der Waals surface area contributed by atoms with Gasteiger partial charge in [0, 0.05) is 31.0 Å². The molecule has 92 valence electrons. The van der Waals surface area contributed by atoms with Crippen molar-refractivity contribution in [1.82, 2.24) is 0 Å². The summed E-state index contributed by atoms with van der Waals surface area (Å²) in [6.45, 7) is 3.62. The molecule has 0 rings (SSSR count). The van der Waals surface area contributed by atoms with Crippen molar-refractivity contribution in [2.24, 2.45) is 0 Å². The van der Waals surface area contributed by atoms with Crippen molar-refractivity contribution in [3.63, 3.8) is 0 Å². The first-order valence-electron chi connectivity index (χ1n) is 4.88. The Morgan fingerprint density at radius 2 is 1.31 bits per heavy atom. The summed E-state index contributed by atoms with van der Waals surface area (Å²) < 4.78 is 14.5. The molecule has 0 saturated carbocycles. The smallest absolute Gasteiger partial charge is 0.305 e. The number of hydrogen-bond donors (Lipinski definition) is 0. The van der Waals surface area contributed by atoms with Gasteiger partial charge in [-0.15, -0.1) is 0 Å². The molecule has 0 aromatic heterocycles. The first kappa shape index (κ1) is 14.6. The largest absolute Gasteiger partial charge is 0.455 e. The highest BCUT2D eigenvalue weighted by atomic mass is 28.1. The molecule has 0 saturated heterocycles. The van der Waals surface area contributed by atoms with E-state index >= 15 is 0 Å². The van der Waals surface area contributed by atoms with E-state index in [1.165, 1.54) is 20.8 Å². The number of ether oxygens (including phenoxy) is 3. The van der Waals surface area contributed by atoms with E-state index in [0.717, 1.165) is 0 Å². The normalized spacial score (nSPS) is 12.0. The van der Waals surface area contributed by atoms with E-state index in [9.17, 15) is 14.4 Å². The standard InChI is InChI=1S/C9H16O6Si/c1-5(10)13-8(4-16)9(14-6(2)11)15-7(3)12/h8-9H,4H2,1-3,16H3. The predicted octanol–water partition coefficient (Wildman–Crippen LogP) is -0.846. The van der Waals surface area contributed by atoms with Crippen molar-refractivity contribution in [1.29, 1.82) is 0 Å². The van der Waals surface area contributed by atoms with Crippen molar-refractivity contribution in [3.8, 4) is 0 Å². The van der Waals surface area contributed by atoms with Gasteiger partial charge in [-0.1, -0.05) is 0 Å². The fourth-order valence-corrected chi connectivity index (χ4v) is 1.60. The van der Waals surface area contributed by atoms with Gasteiger partial charge in [0.15, 0.2) is 6.10 Å². The van der Waals surface area contributed by atoms with Crippen LogP contribution >= 0.6 is 0 Å². The first-order valence-corrected chi connectivity index (χ1v) is 6.29. The fourth-order valence-electron chi connectivity index (χ4n) is 1.05. The second kappa shape index (κ2) is 6.99. The van der Waals surface area contributed by atoms with Crippen LogP contribution in [0.1, 0.15) is 20.8 Å². The molecule has 1 atom stereocenters. The molecule has 0 bridgehead atoms. The van der Waals surface area contributed by atoms with Gasteiger partial charge >= 0.3 is 17.9 Å². The maximum atomic E-state index is 10.8. The van der Waals surface area contributed by atoms with Crippen LogP contribution in [0.15, 0.2) is 0 Å².